The van der Waals surface area contributed by atoms with Crippen molar-refractivity contribution in [1.82, 2.24) is 10.2 Å². The number of hydrogen-bond acceptors (Lipinski definition) is 3. The van der Waals surface area contributed by atoms with E-state index in [1.807, 2.05) is 0 Å². The lowest BCUT2D eigenvalue weighted by molar-refractivity contribution is -0.0886. The van der Waals surface area contributed by atoms with Crippen LogP contribution in [0.2, 0.25) is 5.15 Å². The van der Waals surface area contributed by atoms with Crippen molar-refractivity contribution >= 4 is 17.4 Å². The molecule has 1 rings (SSSR count). The lowest BCUT2D eigenvalue weighted by Crippen LogP contribution is -2.25. The second-order valence-corrected chi connectivity index (χ2v) is 3.26. The molecule has 15 heavy (non-hydrogen) atoms. The van der Waals surface area contributed by atoms with E-state index in [0.717, 1.165) is 0 Å². The highest BCUT2D eigenvalue weighted by Crippen LogP contribution is 2.27. The van der Waals surface area contributed by atoms with Gasteiger partial charge in [-0.15, -0.1) is 5.10 Å². The van der Waals surface area contributed by atoms with Crippen LogP contribution in [0.25, 0.3) is 0 Å². The molecule has 7 heteroatoms. The molecule has 0 aliphatic rings. The van der Waals surface area contributed by atoms with Crippen molar-refractivity contribution in [2.75, 3.05) is 0 Å². The molecule has 1 aromatic rings. The standard InChI is InChI=1S/C8H6ClF3N2O/c1-3-4(2)13-14-7(9)5(3)6(15)8(10,11)12/h1-2H3. The van der Waals surface area contributed by atoms with Gasteiger partial charge >= 0.3 is 6.18 Å². The van der Waals surface area contributed by atoms with Gasteiger partial charge in [0.05, 0.1) is 11.3 Å². The summed E-state index contributed by atoms with van der Waals surface area (Å²) in [7, 11) is 0. The Hall–Kier alpha value is -1.17. The Labute approximate surface area is 88.3 Å². The van der Waals surface area contributed by atoms with E-state index in [1.165, 1.54) is 13.8 Å². The van der Waals surface area contributed by atoms with E-state index in [2.05, 4.69) is 10.2 Å². The summed E-state index contributed by atoms with van der Waals surface area (Å²) >= 11 is 5.41. The molecule has 0 atom stereocenters. The van der Waals surface area contributed by atoms with E-state index >= 15 is 0 Å². The zero-order chi connectivity index (χ0) is 11.8. The molecule has 0 saturated carbocycles. The van der Waals surface area contributed by atoms with E-state index in [0.29, 0.717) is 0 Å². The molecule has 0 N–H and O–H groups in total. The fourth-order valence-corrected chi connectivity index (χ4v) is 1.25. The average Bonchev–Trinajstić information content (AvgIpc) is 2.10. The summed E-state index contributed by atoms with van der Waals surface area (Å²) in [6.07, 6.45) is -4.95. The van der Waals surface area contributed by atoms with Crippen LogP contribution in [0.3, 0.4) is 0 Å². The number of ketones is 1. The Bertz CT molecular complexity index is 417. The minimum atomic E-state index is -4.95. The molecular weight excluding hydrogens is 233 g/mol. The van der Waals surface area contributed by atoms with Crippen LogP contribution in [0.4, 0.5) is 13.2 Å². The maximum atomic E-state index is 12.2. The third-order valence-corrected chi connectivity index (χ3v) is 2.16. The quantitative estimate of drug-likeness (QED) is 0.706. The zero-order valence-electron chi connectivity index (χ0n) is 7.81. The monoisotopic (exact) mass is 238 g/mol. The molecule has 1 aromatic heterocycles. The van der Waals surface area contributed by atoms with Gasteiger partial charge in [-0.05, 0) is 19.4 Å². The number of hydrogen-bond donors (Lipinski definition) is 0. The number of halogens is 4. The van der Waals surface area contributed by atoms with Gasteiger partial charge in [0.2, 0.25) is 0 Å². The van der Waals surface area contributed by atoms with Crippen molar-refractivity contribution in [3.63, 3.8) is 0 Å². The van der Waals surface area contributed by atoms with Crippen LogP contribution in [0.5, 0.6) is 0 Å². The minimum absolute atomic E-state index is 0.0947. The molecule has 0 aliphatic heterocycles. The number of rotatable bonds is 1. The van der Waals surface area contributed by atoms with E-state index in [1.54, 1.807) is 0 Å². The topological polar surface area (TPSA) is 42.9 Å². The average molecular weight is 239 g/mol. The molecule has 0 unspecified atom stereocenters. The number of Topliss-reactive ketones (excluding diaryl/α,β-unsaturated/α-hetero) is 1. The largest absolute Gasteiger partial charge is 0.454 e. The van der Waals surface area contributed by atoms with Crippen molar-refractivity contribution in [2.24, 2.45) is 0 Å². The Morgan fingerprint density at radius 3 is 2.27 bits per heavy atom. The number of carbonyl (C=O) groups excluding carboxylic acids is 1. The molecule has 82 valence electrons. The summed E-state index contributed by atoms with van der Waals surface area (Å²) in [6.45, 7) is 2.79. The van der Waals surface area contributed by atoms with Crippen molar-refractivity contribution < 1.29 is 18.0 Å². The molecule has 0 amide bonds. The lowest BCUT2D eigenvalue weighted by atomic mass is 10.1. The van der Waals surface area contributed by atoms with Crippen molar-refractivity contribution in [1.29, 1.82) is 0 Å². The van der Waals surface area contributed by atoms with E-state index in [-0.39, 0.29) is 11.3 Å². The summed E-state index contributed by atoms with van der Waals surface area (Å²) < 4.78 is 36.5. The molecular formula is C8H6ClF3N2O. The molecule has 0 saturated heterocycles. The summed E-state index contributed by atoms with van der Waals surface area (Å²) in [6, 6.07) is 0. The highest BCUT2D eigenvalue weighted by atomic mass is 35.5. The Morgan fingerprint density at radius 1 is 1.27 bits per heavy atom. The molecule has 0 radical (unpaired) electrons. The van der Waals surface area contributed by atoms with Gasteiger partial charge in [-0.1, -0.05) is 11.6 Å². The summed E-state index contributed by atoms with van der Waals surface area (Å²) in [5, 5.41) is 6.24. The molecule has 3 nitrogen and oxygen atoms in total. The van der Waals surface area contributed by atoms with Gasteiger partial charge in [-0.2, -0.15) is 18.3 Å². The number of alkyl halides is 3. The first-order chi connectivity index (χ1) is 6.75. The maximum Gasteiger partial charge on any atom is 0.454 e. The Balaban J connectivity index is 3.38. The molecule has 0 fully saturated rings. The zero-order valence-corrected chi connectivity index (χ0v) is 8.57. The van der Waals surface area contributed by atoms with Crippen LogP contribution in [0.1, 0.15) is 21.6 Å². The van der Waals surface area contributed by atoms with Gasteiger partial charge in [0.25, 0.3) is 5.78 Å². The van der Waals surface area contributed by atoms with Crippen molar-refractivity contribution in [2.45, 2.75) is 20.0 Å². The molecule has 0 aromatic carbocycles. The van der Waals surface area contributed by atoms with Crippen LogP contribution in [0, 0.1) is 13.8 Å². The Morgan fingerprint density at radius 2 is 1.80 bits per heavy atom. The summed E-state index contributed by atoms with van der Waals surface area (Å²) in [5.74, 6) is -2.00. The third-order valence-electron chi connectivity index (χ3n) is 1.90. The second-order valence-electron chi connectivity index (χ2n) is 2.90. The minimum Gasteiger partial charge on any atom is -0.284 e. The van der Waals surface area contributed by atoms with Crippen LogP contribution in [-0.4, -0.2) is 22.2 Å². The van der Waals surface area contributed by atoms with Crippen LogP contribution in [-0.2, 0) is 0 Å². The predicted molar refractivity (Wildman–Crippen MR) is 46.9 cm³/mol. The normalized spacial score (nSPS) is 11.6. The van der Waals surface area contributed by atoms with Gasteiger partial charge in [0.15, 0.2) is 5.15 Å². The third kappa shape index (κ3) is 2.26. The number of carbonyl (C=O) groups is 1. The van der Waals surface area contributed by atoms with E-state index in [4.69, 9.17) is 11.6 Å². The van der Waals surface area contributed by atoms with Gasteiger partial charge in [-0.3, -0.25) is 4.79 Å². The van der Waals surface area contributed by atoms with Crippen LogP contribution in [0.15, 0.2) is 0 Å². The van der Waals surface area contributed by atoms with Crippen molar-refractivity contribution in [3.05, 3.63) is 22.0 Å². The number of aryl methyl sites for hydroxylation is 1. The highest BCUT2D eigenvalue weighted by Gasteiger charge is 2.41. The first kappa shape index (κ1) is 11.9. The van der Waals surface area contributed by atoms with Gasteiger partial charge in [-0.25, -0.2) is 0 Å². The maximum absolute atomic E-state index is 12.2. The van der Waals surface area contributed by atoms with Crippen LogP contribution < -0.4 is 0 Å². The van der Waals surface area contributed by atoms with E-state index in [9.17, 15) is 18.0 Å². The first-order valence-corrected chi connectivity index (χ1v) is 4.24. The summed E-state index contributed by atoms with van der Waals surface area (Å²) in [5.41, 5.74) is -0.291. The van der Waals surface area contributed by atoms with Crippen molar-refractivity contribution in [3.8, 4) is 0 Å². The smallest absolute Gasteiger partial charge is 0.284 e. The highest BCUT2D eigenvalue weighted by molar-refractivity contribution is 6.33. The number of aromatic nitrogens is 2. The summed E-state index contributed by atoms with van der Waals surface area (Å²) in [4.78, 5) is 11.0. The predicted octanol–water partition coefficient (Wildman–Crippen LogP) is 2.49. The van der Waals surface area contributed by atoms with Gasteiger partial charge < -0.3 is 0 Å². The fourth-order valence-electron chi connectivity index (χ4n) is 0.985. The van der Waals surface area contributed by atoms with Gasteiger partial charge in [0, 0.05) is 0 Å². The van der Waals surface area contributed by atoms with Gasteiger partial charge in [0.1, 0.15) is 0 Å². The molecule has 1 heterocycles. The molecule has 0 bridgehead atoms. The molecule has 0 spiro atoms. The fraction of sp³-hybridized carbons (Fsp3) is 0.375. The second kappa shape index (κ2) is 3.77. The van der Waals surface area contributed by atoms with Crippen LogP contribution >= 0.6 is 11.6 Å². The molecule has 0 aliphatic carbocycles. The Kier molecular flexibility index (Phi) is 2.99. The lowest BCUT2D eigenvalue weighted by Gasteiger charge is -2.09. The van der Waals surface area contributed by atoms with E-state index < -0.39 is 22.7 Å². The number of nitrogens with zero attached hydrogens (tertiary/aromatic N) is 2. The SMILES string of the molecule is Cc1nnc(Cl)c(C(=O)C(F)(F)F)c1C. The first-order valence-electron chi connectivity index (χ1n) is 3.86.